The maximum Gasteiger partial charge on any atom is 0.145 e. The molecule has 0 aliphatic carbocycles. The number of anilines is 3. The molecule has 0 fully saturated rings. The normalized spacial score (nSPS) is 11.5. The second-order valence-electron chi connectivity index (χ2n) is 12.9. The van der Waals surface area contributed by atoms with Crippen LogP contribution in [-0.4, -0.2) is 0 Å². The number of para-hydroxylation sites is 3. The summed E-state index contributed by atoms with van der Waals surface area (Å²) in [5.74, 6) is 0. The monoisotopic (exact) mass is 653 g/mol. The van der Waals surface area contributed by atoms with Gasteiger partial charge < -0.3 is 13.7 Å². The summed E-state index contributed by atoms with van der Waals surface area (Å²) in [6, 6.07) is 66.1. The van der Waals surface area contributed by atoms with E-state index >= 15 is 0 Å². The number of fused-ring (bicyclic) bond motifs is 6. The number of hydrogen-bond donors (Lipinski definition) is 0. The standard InChI is InChI=1S/C48H31NO2/c1-3-13-32(14-4-1)33-23-26-36(27-24-33)49(35-15-5-2-6-16-35)43-30-29-41(48-47(43)42-20-10-12-22-45(42)51-48)38-18-8-7-17-37(38)34-25-28-40-39-19-9-11-21-44(39)50-46(40)31-34/h1-31H. The largest absolute Gasteiger partial charge is 0.456 e. The molecule has 0 amide bonds. The fourth-order valence-electron chi connectivity index (χ4n) is 7.51. The highest BCUT2D eigenvalue weighted by atomic mass is 16.3. The van der Waals surface area contributed by atoms with Crippen LogP contribution >= 0.6 is 0 Å². The second-order valence-corrected chi connectivity index (χ2v) is 12.9. The Morgan fingerprint density at radius 1 is 0.333 bits per heavy atom. The molecule has 0 unspecified atom stereocenters. The van der Waals surface area contributed by atoms with Crippen LogP contribution in [0.15, 0.2) is 197 Å². The molecule has 0 atom stereocenters. The Balaban J connectivity index is 1.17. The van der Waals surface area contributed by atoms with Crippen molar-refractivity contribution < 1.29 is 8.83 Å². The summed E-state index contributed by atoms with van der Waals surface area (Å²) < 4.78 is 13.1. The number of benzene rings is 8. The van der Waals surface area contributed by atoms with E-state index in [0.29, 0.717) is 0 Å². The fourth-order valence-corrected chi connectivity index (χ4v) is 7.51. The number of nitrogens with zero attached hydrogens (tertiary/aromatic N) is 1. The van der Waals surface area contributed by atoms with Gasteiger partial charge in [-0.25, -0.2) is 0 Å². The molecule has 0 aliphatic heterocycles. The van der Waals surface area contributed by atoms with Crippen molar-refractivity contribution in [1.82, 2.24) is 0 Å². The lowest BCUT2D eigenvalue weighted by Gasteiger charge is -2.27. The topological polar surface area (TPSA) is 29.5 Å². The first kappa shape index (κ1) is 29.1. The second kappa shape index (κ2) is 11.9. The van der Waals surface area contributed by atoms with Gasteiger partial charge in [0, 0.05) is 33.1 Å². The fraction of sp³-hybridized carbons (Fsp3) is 0. The summed E-state index contributed by atoms with van der Waals surface area (Å²) in [6.45, 7) is 0. The summed E-state index contributed by atoms with van der Waals surface area (Å²) in [7, 11) is 0. The number of rotatable bonds is 6. The van der Waals surface area contributed by atoms with Crippen molar-refractivity contribution in [2.24, 2.45) is 0 Å². The first-order chi connectivity index (χ1) is 25.3. The smallest absolute Gasteiger partial charge is 0.145 e. The van der Waals surface area contributed by atoms with Crippen molar-refractivity contribution >= 4 is 60.9 Å². The molecule has 2 aromatic heterocycles. The van der Waals surface area contributed by atoms with E-state index in [1.165, 1.54) is 11.1 Å². The third kappa shape index (κ3) is 4.90. The first-order valence-electron chi connectivity index (χ1n) is 17.3. The SMILES string of the molecule is c1ccc(-c2ccc(N(c3ccccc3)c3ccc(-c4ccccc4-c4ccc5c(c4)oc4ccccc45)c4oc5ccccc5c34)cc2)cc1. The molecule has 8 aromatic carbocycles. The molecule has 51 heavy (non-hydrogen) atoms. The van der Waals surface area contributed by atoms with E-state index in [1.807, 2.05) is 18.2 Å². The Bertz CT molecular complexity index is 2850. The predicted octanol–water partition coefficient (Wildman–Crippen LogP) is 14.0. The van der Waals surface area contributed by atoms with E-state index in [2.05, 4.69) is 175 Å². The van der Waals surface area contributed by atoms with E-state index < -0.39 is 0 Å². The molecule has 10 aromatic rings. The molecule has 3 heteroatoms. The van der Waals surface area contributed by atoms with Crippen LogP contribution in [-0.2, 0) is 0 Å². The highest BCUT2D eigenvalue weighted by Crippen LogP contribution is 2.47. The third-order valence-corrected chi connectivity index (χ3v) is 9.90. The van der Waals surface area contributed by atoms with Gasteiger partial charge in [0.25, 0.3) is 0 Å². The zero-order valence-corrected chi connectivity index (χ0v) is 27.7. The van der Waals surface area contributed by atoms with Gasteiger partial charge in [0.1, 0.15) is 22.3 Å². The molecule has 240 valence electrons. The minimum absolute atomic E-state index is 0.854. The highest BCUT2D eigenvalue weighted by Gasteiger charge is 2.23. The molecule has 0 bridgehead atoms. The Labute approximate surface area is 295 Å². The van der Waals surface area contributed by atoms with Crippen molar-refractivity contribution in [3.05, 3.63) is 188 Å². The molecule has 0 radical (unpaired) electrons. The summed E-state index contributed by atoms with van der Waals surface area (Å²) in [5.41, 5.74) is 13.4. The van der Waals surface area contributed by atoms with Gasteiger partial charge >= 0.3 is 0 Å². The zero-order valence-electron chi connectivity index (χ0n) is 27.7. The Kier molecular flexibility index (Phi) is 6.81. The van der Waals surface area contributed by atoms with E-state index in [9.17, 15) is 0 Å². The van der Waals surface area contributed by atoms with Crippen molar-refractivity contribution in [1.29, 1.82) is 0 Å². The van der Waals surface area contributed by atoms with Crippen molar-refractivity contribution in [2.75, 3.05) is 4.90 Å². The van der Waals surface area contributed by atoms with E-state index in [-0.39, 0.29) is 0 Å². The minimum Gasteiger partial charge on any atom is -0.456 e. The third-order valence-electron chi connectivity index (χ3n) is 9.90. The Hall–Kier alpha value is -6.84. The molecule has 10 rings (SSSR count). The average molecular weight is 654 g/mol. The van der Waals surface area contributed by atoms with Crippen LogP contribution in [0.25, 0.3) is 77.3 Å². The van der Waals surface area contributed by atoms with Gasteiger partial charge in [-0.3, -0.25) is 0 Å². The van der Waals surface area contributed by atoms with Gasteiger partial charge in [0.05, 0.1) is 11.1 Å². The van der Waals surface area contributed by atoms with Crippen LogP contribution in [0.1, 0.15) is 0 Å². The van der Waals surface area contributed by atoms with Gasteiger partial charge in [0.15, 0.2) is 0 Å². The van der Waals surface area contributed by atoms with E-state index in [0.717, 1.165) is 83.2 Å². The molecule has 2 heterocycles. The highest BCUT2D eigenvalue weighted by molar-refractivity contribution is 6.18. The van der Waals surface area contributed by atoms with Gasteiger partial charge in [-0.05, 0) is 88.5 Å². The first-order valence-corrected chi connectivity index (χ1v) is 17.3. The van der Waals surface area contributed by atoms with Crippen LogP contribution in [0, 0.1) is 0 Å². The van der Waals surface area contributed by atoms with Gasteiger partial charge in [-0.15, -0.1) is 0 Å². The van der Waals surface area contributed by atoms with E-state index in [4.69, 9.17) is 8.83 Å². The van der Waals surface area contributed by atoms with Crippen LogP contribution in [0.2, 0.25) is 0 Å². The lowest BCUT2D eigenvalue weighted by Crippen LogP contribution is -2.10. The summed E-state index contributed by atoms with van der Waals surface area (Å²) in [4.78, 5) is 2.34. The molecular weight excluding hydrogens is 623 g/mol. The van der Waals surface area contributed by atoms with Crippen LogP contribution in [0.3, 0.4) is 0 Å². The Morgan fingerprint density at radius 2 is 0.902 bits per heavy atom. The average Bonchev–Trinajstić information content (AvgIpc) is 3.78. The van der Waals surface area contributed by atoms with Gasteiger partial charge in [-0.2, -0.15) is 0 Å². The van der Waals surface area contributed by atoms with Crippen LogP contribution in [0.5, 0.6) is 0 Å². The quantitative estimate of drug-likeness (QED) is 0.179. The number of hydrogen-bond acceptors (Lipinski definition) is 3. The van der Waals surface area contributed by atoms with Crippen LogP contribution < -0.4 is 4.90 Å². The summed E-state index contributed by atoms with van der Waals surface area (Å²) in [5, 5.41) is 4.40. The van der Waals surface area contributed by atoms with Gasteiger partial charge in [-0.1, -0.05) is 127 Å². The van der Waals surface area contributed by atoms with Crippen molar-refractivity contribution in [2.45, 2.75) is 0 Å². The Morgan fingerprint density at radius 3 is 1.69 bits per heavy atom. The molecule has 0 N–H and O–H groups in total. The molecule has 0 aliphatic rings. The minimum atomic E-state index is 0.854. The van der Waals surface area contributed by atoms with Gasteiger partial charge in [0.2, 0.25) is 0 Å². The summed E-state index contributed by atoms with van der Waals surface area (Å²) >= 11 is 0. The molecule has 3 nitrogen and oxygen atoms in total. The number of furan rings is 2. The van der Waals surface area contributed by atoms with Crippen molar-refractivity contribution in [3.63, 3.8) is 0 Å². The van der Waals surface area contributed by atoms with E-state index in [1.54, 1.807) is 0 Å². The lowest BCUT2D eigenvalue weighted by molar-refractivity contribution is 0.669. The lowest BCUT2D eigenvalue weighted by atomic mass is 9.92. The molecular formula is C48H31NO2. The molecule has 0 saturated carbocycles. The maximum absolute atomic E-state index is 6.83. The van der Waals surface area contributed by atoms with Crippen molar-refractivity contribution in [3.8, 4) is 33.4 Å². The summed E-state index contributed by atoms with van der Waals surface area (Å²) in [6.07, 6.45) is 0. The predicted molar refractivity (Wildman–Crippen MR) is 212 cm³/mol. The molecule has 0 spiro atoms. The zero-order chi connectivity index (χ0) is 33.7. The van der Waals surface area contributed by atoms with Crippen LogP contribution in [0.4, 0.5) is 17.1 Å². The maximum atomic E-state index is 6.83. The molecule has 0 saturated heterocycles.